The molecule has 0 radical (unpaired) electrons. The Hall–Kier alpha value is -0.0800. The molecule has 0 aliphatic carbocycles. The van der Waals surface area contributed by atoms with E-state index in [1.54, 1.807) is 5.06 Å². The quantitative estimate of drug-likeness (QED) is 0.777. The molecular weight excluding hydrogens is 198 g/mol. The van der Waals surface area contributed by atoms with Gasteiger partial charge in [-0.1, -0.05) is 34.6 Å². The van der Waals surface area contributed by atoms with Gasteiger partial charge in [0.15, 0.2) is 0 Å². The van der Waals surface area contributed by atoms with Crippen molar-refractivity contribution in [2.24, 2.45) is 5.92 Å². The minimum Gasteiger partial charge on any atom is -0.313 e. The van der Waals surface area contributed by atoms with Crippen molar-refractivity contribution in [1.29, 1.82) is 0 Å². The Kier molecular flexibility index (Phi) is 4.42. The fourth-order valence-electron chi connectivity index (χ4n) is 3.72. The Morgan fingerprint density at radius 3 is 1.50 bits per heavy atom. The van der Waals surface area contributed by atoms with Gasteiger partial charge in [0.25, 0.3) is 0 Å². The molecule has 2 heteroatoms. The zero-order valence-corrected chi connectivity index (χ0v) is 11.7. The summed E-state index contributed by atoms with van der Waals surface area (Å²) in [5, 5.41) is 12.4. The molecule has 2 nitrogen and oxygen atoms in total. The second kappa shape index (κ2) is 5.05. The van der Waals surface area contributed by atoms with Crippen LogP contribution < -0.4 is 0 Å². The van der Waals surface area contributed by atoms with E-state index in [4.69, 9.17) is 0 Å². The number of rotatable bonds is 4. The molecule has 96 valence electrons. The Morgan fingerprint density at radius 2 is 1.25 bits per heavy atom. The van der Waals surface area contributed by atoms with Gasteiger partial charge in [0.05, 0.1) is 0 Å². The molecule has 16 heavy (non-hydrogen) atoms. The summed E-state index contributed by atoms with van der Waals surface area (Å²) in [6, 6.07) is 0. The molecule has 1 fully saturated rings. The number of hydrogen-bond donors (Lipinski definition) is 1. The average molecular weight is 227 g/mol. The fraction of sp³-hybridized carbons (Fsp3) is 1.00. The first kappa shape index (κ1) is 14.0. The number of nitrogens with zero attached hydrogens (tertiary/aromatic N) is 1. The Labute approximate surface area is 101 Å². The normalized spacial score (nSPS) is 25.9. The predicted octanol–water partition coefficient (Wildman–Crippen LogP) is 4.23. The van der Waals surface area contributed by atoms with Gasteiger partial charge < -0.3 is 5.21 Å². The van der Waals surface area contributed by atoms with Crippen molar-refractivity contribution in [2.75, 3.05) is 0 Å². The van der Waals surface area contributed by atoms with Crippen molar-refractivity contribution in [3.05, 3.63) is 0 Å². The smallest absolute Gasteiger partial charge is 0.0464 e. The molecule has 1 heterocycles. The van der Waals surface area contributed by atoms with E-state index in [9.17, 15) is 5.21 Å². The molecule has 0 aromatic carbocycles. The first-order valence-corrected chi connectivity index (χ1v) is 6.99. The first-order chi connectivity index (χ1) is 7.50. The van der Waals surface area contributed by atoms with E-state index in [0.29, 0.717) is 0 Å². The van der Waals surface area contributed by atoms with Gasteiger partial charge in [-0.3, -0.25) is 0 Å². The third kappa shape index (κ3) is 2.02. The summed E-state index contributed by atoms with van der Waals surface area (Å²) in [6.07, 6.45) is 6.47. The van der Waals surface area contributed by atoms with Crippen LogP contribution in [0.25, 0.3) is 0 Å². The number of hydroxylamine groups is 2. The molecule has 0 spiro atoms. The van der Waals surface area contributed by atoms with Gasteiger partial charge in [-0.05, 0) is 44.4 Å². The third-order valence-corrected chi connectivity index (χ3v) is 4.99. The zero-order valence-electron chi connectivity index (χ0n) is 11.7. The van der Waals surface area contributed by atoms with Crippen molar-refractivity contribution in [3.8, 4) is 0 Å². The molecule has 0 amide bonds. The minimum absolute atomic E-state index is 0.0175. The monoisotopic (exact) mass is 227 g/mol. The highest BCUT2D eigenvalue weighted by Gasteiger charge is 2.49. The van der Waals surface area contributed by atoms with E-state index in [0.717, 1.165) is 44.4 Å². The van der Waals surface area contributed by atoms with Crippen LogP contribution >= 0.6 is 0 Å². The molecule has 1 aliphatic heterocycles. The lowest BCUT2D eigenvalue weighted by molar-refractivity contribution is -0.274. The van der Waals surface area contributed by atoms with E-state index in [1.807, 2.05) is 0 Å². The fourth-order valence-corrected chi connectivity index (χ4v) is 3.72. The van der Waals surface area contributed by atoms with Gasteiger partial charge >= 0.3 is 0 Å². The van der Waals surface area contributed by atoms with Gasteiger partial charge in [-0.25, -0.2) is 0 Å². The third-order valence-electron chi connectivity index (χ3n) is 4.99. The highest BCUT2D eigenvalue weighted by Crippen LogP contribution is 2.46. The Balaban J connectivity index is 3.06. The Bertz CT molecular complexity index is 197. The van der Waals surface area contributed by atoms with Crippen LogP contribution in [0.2, 0.25) is 0 Å². The second-order valence-electron chi connectivity index (χ2n) is 5.69. The number of piperidine rings is 1. The second-order valence-corrected chi connectivity index (χ2v) is 5.69. The van der Waals surface area contributed by atoms with Gasteiger partial charge in [0, 0.05) is 11.1 Å². The minimum atomic E-state index is 0.0175. The van der Waals surface area contributed by atoms with Crippen LogP contribution in [0, 0.1) is 5.92 Å². The van der Waals surface area contributed by atoms with Crippen molar-refractivity contribution in [3.63, 3.8) is 0 Å². The molecular formula is C14H29NO. The van der Waals surface area contributed by atoms with Crippen LogP contribution in [0.15, 0.2) is 0 Å². The van der Waals surface area contributed by atoms with Gasteiger partial charge in [0.1, 0.15) is 0 Å². The van der Waals surface area contributed by atoms with Crippen molar-refractivity contribution >= 4 is 0 Å². The van der Waals surface area contributed by atoms with Crippen LogP contribution in [-0.4, -0.2) is 21.3 Å². The lowest BCUT2D eigenvalue weighted by atomic mass is 9.69. The molecule has 0 unspecified atom stereocenters. The summed E-state index contributed by atoms with van der Waals surface area (Å²) in [7, 11) is 0. The molecule has 1 N–H and O–H groups in total. The standard InChI is InChI=1S/C14H29NO/c1-6-13(7-2)10-12(5)11-14(8-3,9-4)15(13)16/h12,16H,6-11H2,1-5H3. The molecule has 0 atom stereocenters. The van der Waals surface area contributed by atoms with Crippen molar-refractivity contribution in [1.82, 2.24) is 5.06 Å². The summed E-state index contributed by atoms with van der Waals surface area (Å²) in [5.41, 5.74) is 0.0351. The molecule has 1 aliphatic rings. The molecule has 0 aromatic heterocycles. The lowest BCUT2D eigenvalue weighted by Crippen LogP contribution is -2.63. The van der Waals surface area contributed by atoms with Crippen LogP contribution in [0.5, 0.6) is 0 Å². The van der Waals surface area contributed by atoms with E-state index in [1.165, 1.54) is 0 Å². The van der Waals surface area contributed by atoms with Gasteiger partial charge in [0.2, 0.25) is 0 Å². The Morgan fingerprint density at radius 1 is 0.938 bits per heavy atom. The number of hydrogen-bond acceptors (Lipinski definition) is 2. The van der Waals surface area contributed by atoms with Gasteiger partial charge in [-0.2, -0.15) is 5.06 Å². The topological polar surface area (TPSA) is 23.5 Å². The van der Waals surface area contributed by atoms with E-state index in [2.05, 4.69) is 34.6 Å². The van der Waals surface area contributed by atoms with Crippen LogP contribution in [0.3, 0.4) is 0 Å². The van der Waals surface area contributed by atoms with Crippen LogP contribution in [-0.2, 0) is 0 Å². The first-order valence-electron chi connectivity index (χ1n) is 6.99. The van der Waals surface area contributed by atoms with E-state index >= 15 is 0 Å². The summed E-state index contributed by atoms with van der Waals surface area (Å²) in [6.45, 7) is 11.2. The summed E-state index contributed by atoms with van der Waals surface area (Å²) in [4.78, 5) is 0. The highest BCUT2D eigenvalue weighted by atomic mass is 16.5. The SMILES string of the molecule is CCC1(CC)CC(C)CC(CC)(CC)N1O. The average Bonchev–Trinajstić information content (AvgIpc) is 2.32. The highest BCUT2D eigenvalue weighted by molar-refractivity contribution is 5.01. The van der Waals surface area contributed by atoms with E-state index < -0.39 is 0 Å². The predicted molar refractivity (Wildman–Crippen MR) is 68.6 cm³/mol. The maximum Gasteiger partial charge on any atom is 0.0464 e. The van der Waals surface area contributed by atoms with Gasteiger partial charge in [-0.15, -0.1) is 0 Å². The zero-order chi connectivity index (χ0) is 12.4. The molecule has 0 aromatic rings. The largest absolute Gasteiger partial charge is 0.313 e. The molecule has 0 bridgehead atoms. The van der Waals surface area contributed by atoms with Crippen LogP contribution in [0.1, 0.15) is 73.1 Å². The van der Waals surface area contributed by atoms with Crippen LogP contribution in [0.4, 0.5) is 0 Å². The lowest BCUT2D eigenvalue weighted by Gasteiger charge is -2.56. The maximum atomic E-state index is 10.7. The molecule has 1 saturated heterocycles. The van der Waals surface area contributed by atoms with Crippen molar-refractivity contribution < 1.29 is 5.21 Å². The summed E-state index contributed by atoms with van der Waals surface area (Å²) >= 11 is 0. The summed E-state index contributed by atoms with van der Waals surface area (Å²) in [5.74, 6) is 0.725. The maximum absolute atomic E-state index is 10.7. The van der Waals surface area contributed by atoms with E-state index in [-0.39, 0.29) is 11.1 Å². The molecule has 0 saturated carbocycles. The molecule has 1 rings (SSSR count). The summed E-state index contributed by atoms with van der Waals surface area (Å²) < 4.78 is 0. The van der Waals surface area contributed by atoms with Crippen molar-refractivity contribution in [2.45, 2.75) is 84.2 Å².